The van der Waals surface area contributed by atoms with E-state index in [2.05, 4.69) is 7.05 Å². The second kappa shape index (κ2) is 31.9. The third kappa shape index (κ3) is 19.1. The molecule has 0 spiro atoms. The van der Waals surface area contributed by atoms with Gasteiger partial charge < -0.3 is 71.3 Å². The molecule has 24 heteroatoms. The molecule has 1 amide bonds. The van der Waals surface area contributed by atoms with Gasteiger partial charge in [-0.25, -0.2) is 0 Å². The van der Waals surface area contributed by atoms with E-state index >= 15 is 0 Å². The van der Waals surface area contributed by atoms with E-state index in [4.69, 9.17) is 66.4 Å². The van der Waals surface area contributed by atoms with Gasteiger partial charge in [0.25, 0.3) is 0 Å². The Labute approximate surface area is 364 Å². The second-order valence-corrected chi connectivity index (χ2v) is 35.2. The van der Waals surface area contributed by atoms with Gasteiger partial charge in [0.15, 0.2) is 5.91 Å². The van der Waals surface area contributed by atoms with E-state index in [1.54, 1.807) is 112 Å². The minimum absolute atomic E-state index is 0. The van der Waals surface area contributed by atoms with E-state index in [-0.39, 0.29) is 11.8 Å². The molecule has 0 aromatic heterocycles. The molecule has 0 rings (SSSR count). The first kappa shape index (κ1) is 61.3. The number of carbonyl (C=O) groups excluding carboxylic acids is 1. The molecule has 0 fully saturated rings. The number of rotatable bonds is 40. The Bertz CT molecular complexity index is 948. The zero-order valence-electron chi connectivity index (χ0n) is 40.2. The summed E-state index contributed by atoms with van der Waals surface area (Å²) in [6.45, 7) is 0.524. The maximum Gasteiger partial charge on any atom is 0.500 e. The zero-order valence-corrected chi connectivity index (χ0v) is 52.6. The zero-order chi connectivity index (χ0) is 45.1. The molecule has 0 aliphatic heterocycles. The van der Waals surface area contributed by atoms with E-state index in [1.165, 1.54) is 0 Å². The first-order valence-electron chi connectivity index (χ1n) is 20.5. The maximum atomic E-state index is 14.3. The molecule has 17 nitrogen and oxygen atoms in total. The van der Waals surface area contributed by atoms with Crippen molar-refractivity contribution < 1.29 is 71.2 Å². The standard InChI is InChI=1S/C36H84NO16Si6.Rf/c1-37(36(38)35(23-17-30-55(39-2,40-3)41-4)24-18-31-56(42-5,43-6)44-7)25-19-26-54(27-20-32-57(45-8,46-9)47-10,28-21-33-58(48-11,49-12)50-13)29-22-34-59(51-14,52-15)53-16;/h35H,1,17-34H2,2-16H3;/q-1;. The summed E-state index contributed by atoms with van der Waals surface area (Å²) in [5.41, 5.74) is 0. The summed E-state index contributed by atoms with van der Waals surface area (Å²) in [6, 6.07) is 7.32. The molecule has 0 saturated heterocycles. The van der Waals surface area contributed by atoms with Crippen LogP contribution in [-0.2, 0) is 71.2 Å². The van der Waals surface area contributed by atoms with Crippen LogP contribution in [0.5, 0.6) is 0 Å². The van der Waals surface area contributed by atoms with Crippen molar-refractivity contribution in [1.29, 1.82) is 0 Å². The smallest absolute Gasteiger partial charge is 0.495 e. The third-order valence-corrected chi connectivity index (χ3v) is 31.9. The van der Waals surface area contributed by atoms with Crippen molar-refractivity contribution in [2.45, 2.75) is 106 Å². The van der Waals surface area contributed by atoms with E-state index < -0.39 is 52.1 Å². The van der Waals surface area contributed by atoms with E-state index in [1.807, 2.05) is 0 Å². The number of amides is 1. The Morgan fingerprint density at radius 3 is 0.833 bits per heavy atom. The Hall–Kier alpha value is -0.829. The van der Waals surface area contributed by atoms with Crippen LogP contribution in [0, 0.1) is 13.0 Å². The minimum Gasteiger partial charge on any atom is -0.495 e. The summed E-state index contributed by atoms with van der Waals surface area (Å²) < 4.78 is 86.3. The summed E-state index contributed by atoms with van der Waals surface area (Å²) in [7, 11) is 12.7. The van der Waals surface area contributed by atoms with Gasteiger partial charge in [-0.05, 0) is 38.6 Å². The molecule has 0 unspecified atom stereocenters. The average Bonchev–Trinajstić information content (AvgIpc) is 3.28. The molecule has 0 bridgehead atoms. The molecular formula is C36H84NO16RfSi6-. The number of hydrogen-bond donors (Lipinski definition) is 0. The monoisotopic (exact) mass is 1220 g/mol. The molecule has 0 aliphatic rings. The molecule has 0 radical (unpaired) electrons. The predicted octanol–water partition coefficient (Wildman–Crippen LogP) is 6.18. The molecule has 0 N–H and O–H groups in total. The Balaban J connectivity index is 0. The number of hydrogen-bond acceptors (Lipinski definition) is 16. The fraction of sp³-hybridized carbons (Fsp3) is 0.944. The second-order valence-electron chi connectivity index (χ2n) is 14.7. The summed E-state index contributed by atoms with van der Waals surface area (Å²) in [6.07, 6.45) is 6.12. The first-order chi connectivity index (χ1) is 28.1. The molecule has 0 atom stereocenters. The Morgan fingerprint density at radius 1 is 0.383 bits per heavy atom. The fourth-order valence-electron chi connectivity index (χ4n) is 8.11. The van der Waals surface area contributed by atoms with Gasteiger partial charge in [0, 0.05) is 143 Å². The van der Waals surface area contributed by atoms with Crippen molar-refractivity contribution in [1.82, 2.24) is 4.90 Å². The van der Waals surface area contributed by atoms with Crippen LogP contribution in [0.1, 0.15) is 51.4 Å². The van der Waals surface area contributed by atoms with Crippen LogP contribution in [0.15, 0.2) is 0 Å². The Kier molecular flexibility index (Phi) is 32.6. The summed E-state index contributed by atoms with van der Waals surface area (Å²) in [4.78, 5) is 15.9. The van der Waals surface area contributed by atoms with Crippen molar-refractivity contribution in [3.8, 4) is 0 Å². The van der Waals surface area contributed by atoms with Gasteiger partial charge in [0.2, 0.25) is 0 Å². The van der Waals surface area contributed by atoms with E-state index in [9.17, 15) is 4.79 Å². The van der Waals surface area contributed by atoms with Crippen LogP contribution < -0.4 is 0 Å². The molecule has 356 valence electrons. The van der Waals surface area contributed by atoms with Gasteiger partial charge in [0.1, 0.15) is 0 Å². The van der Waals surface area contributed by atoms with Gasteiger partial charge in [-0.3, -0.25) is 11.8 Å². The van der Waals surface area contributed by atoms with Gasteiger partial charge in [-0.2, -0.15) is 0 Å². The maximum absolute atomic E-state index is 14.3. The topological polar surface area (TPSA) is 159 Å². The third-order valence-electron chi connectivity index (χ3n) is 12.1. The molecule has 0 aliphatic carbocycles. The molecule has 0 saturated carbocycles. The van der Waals surface area contributed by atoms with Crippen LogP contribution in [0.3, 0.4) is 0 Å². The summed E-state index contributed by atoms with van der Waals surface area (Å²) in [5.74, 6) is -0.260. The number of carbonyl (C=O) groups is 1. The van der Waals surface area contributed by atoms with E-state index in [0.29, 0.717) is 62.4 Å². The van der Waals surface area contributed by atoms with Gasteiger partial charge in [-0.1, -0.05) is 43.4 Å². The molecule has 60 heavy (non-hydrogen) atoms. The average molecular weight is 1220 g/mol. The van der Waals surface area contributed by atoms with Crippen molar-refractivity contribution in [3.63, 3.8) is 0 Å². The van der Waals surface area contributed by atoms with Crippen LogP contribution in [0.4, 0.5) is 0 Å². The SMILES string of the molecule is [CH2-]N(CCC[Si](CCC[Si](OC)(OC)OC)(CCC[Si](OC)(OC)OC)CCC[Si](OC)(OC)OC)C(=O)C(CCC[Si](OC)(OC)OC)CCC[Si](OC)(OC)OC.[Rf]. The van der Waals surface area contributed by atoms with Crippen LogP contribution in [0.2, 0.25) is 54.4 Å². The minimum atomic E-state index is -2.81. The first-order valence-corrected chi connectivity index (χ1v) is 33.0. The van der Waals surface area contributed by atoms with Gasteiger partial charge in [-0.15, -0.1) is 0 Å². The quantitative estimate of drug-likeness (QED) is 0.0505. The van der Waals surface area contributed by atoms with Crippen molar-refractivity contribution in [2.24, 2.45) is 5.92 Å². The van der Waals surface area contributed by atoms with Crippen LogP contribution >= 0.6 is 0 Å². The van der Waals surface area contributed by atoms with Crippen molar-refractivity contribution >= 4 is 58.0 Å². The summed E-state index contributed by atoms with van der Waals surface area (Å²) in [5, 5.41) is 0. The summed E-state index contributed by atoms with van der Waals surface area (Å²) >= 11 is 0. The van der Waals surface area contributed by atoms with Crippen molar-refractivity contribution in [2.75, 3.05) is 113 Å². The van der Waals surface area contributed by atoms with Gasteiger partial charge in [0.05, 0.1) is 8.07 Å². The normalized spacial score (nSPS) is 13.3. The van der Waals surface area contributed by atoms with Crippen LogP contribution in [0.25, 0.3) is 0 Å². The van der Waals surface area contributed by atoms with Crippen molar-refractivity contribution in [3.05, 3.63) is 7.05 Å². The predicted molar refractivity (Wildman–Crippen MR) is 240 cm³/mol. The number of nitrogens with zero attached hydrogens (tertiary/aromatic N) is 1. The fourth-order valence-corrected chi connectivity index (χ4v) is 23.0. The Morgan fingerprint density at radius 2 is 0.600 bits per heavy atom. The largest absolute Gasteiger partial charge is 0.500 e. The van der Waals surface area contributed by atoms with E-state index in [0.717, 1.165) is 49.9 Å². The van der Waals surface area contributed by atoms with Gasteiger partial charge >= 0.3 is 44.0 Å². The molecule has 0 aromatic carbocycles. The molecule has 0 heterocycles. The van der Waals surface area contributed by atoms with Crippen LogP contribution in [-0.4, -0.2) is 176 Å². The molecule has 0 aromatic rings. The molecular weight excluding hydrogens is 1140 g/mol.